The third kappa shape index (κ3) is 4.43. The predicted molar refractivity (Wildman–Crippen MR) is 89.3 cm³/mol. The Labute approximate surface area is 136 Å². The van der Waals surface area contributed by atoms with E-state index in [1.54, 1.807) is 11.3 Å². The maximum atomic E-state index is 12.0. The molecule has 0 saturated heterocycles. The highest BCUT2D eigenvalue weighted by Gasteiger charge is 2.42. The van der Waals surface area contributed by atoms with Crippen molar-refractivity contribution >= 4 is 17.4 Å². The summed E-state index contributed by atoms with van der Waals surface area (Å²) in [5.74, 6) is 0.400. The van der Waals surface area contributed by atoms with Crippen LogP contribution in [0.5, 0.6) is 0 Å². The Morgan fingerprint density at radius 1 is 1.41 bits per heavy atom. The molecule has 1 saturated carbocycles. The number of nitrogens with one attached hydrogen (secondary N) is 2. The standard InChI is InChI=1S/C16H27N3O2S/c1-15(2,3)12-9-22-13(18-12)7-8-17-14(21)19-16(4,10-20)11-5-6-11/h9,11,20H,5-8,10H2,1-4H3,(H2,17,19,21). The second kappa shape index (κ2) is 6.54. The minimum absolute atomic E-state index is 0.0213. The summed E-state index contributed by atoms with van der Waals surface area (Å²) in [4.78, 5) is 16.6. The lowest BCUT2D eigenvalue weighted by Crippen LogP contribution is -2.54. The smallest absolute Gasteiger partial charge is 0.315 e. The van der Waals surface area contributed by atoms with Crippen molar-refractivity contribution in [1.29, 1.82) is 0 Å². The van der Waals surface area contributed by atoms with Gasteiger partial charge in [0.25, 0.3) is 0 Å². The van der Waals surface area contributed by atoms with Crippen LogP contribution >= 0.6 is 11.3 Å². The number of urea groups is 1. The second-order valence-electron chi connectivity index (χ2n) is 7.36. The predicted octanol–water partition coefficient (Wildman–Crippen LogP) is 2.44. The largest absolute Gasteiger partial charge is 0.394 e. The van der Waals surface area contributed by atoms with Crippen LogP contribution in [0.3, 0.4) is 0 Å². The first kappa shape index (κ1) is 17.2. The van der Waals surface area contributed by atoms with E-state index in [1.807, 2.05) is 6.92 Å². The summed E-state index contributed by atoms with van der Waals surface area (Å²) in [6.45, 7) is 8.86. The van der Waals surface area contributed by atoms with E-state index in [4.69, 9.17) is 0 Å². The van der Waals surface area contributed by atoms with E-state index in [2.05, 4.69) is 41.8 Å². The van der Waals surface area contributed by atoms with Crippen LogP contribution in [0.2, 0.25) is 0 Å². The topological polar surface area (TPSA) is 74.2 Å². The van der Waals surface area contributed by atoms with Crippen molar-refractivity contribution in [2.24, 2.45) is 5.92 Å². The molecule has 22 heavy (non-hydrogen) atoms. The summed E-state index contributed by atoms with van der Waals surface area (Å²) in [6, 6.07) is -0.212. The fourth-order valence-electron chi connectivity index (χ4n) is 2.35. The summed E-state index contributed by atoms with van der Waals surface area (Å²) < 4.78 is 0. The minimum Gasteiger partial charge on any atom is -0.394 e. The average molecular weight is 325 g/mol. The summed E-state index contributed by atoms with van der Waals surface area (Å²) >= 11 is 1.64. The van der Waals surface area contributed by atoms with E-state index in [0.29, 0.717) is 12.5 Å². The molecule has 1 aromatic heterocycles. The SMILES string of the molecule is CC(C)(C)c1csc(CCNC(=O)NC(C)(CO)C2CC2)n1. The molecule has 5 nitrogen and oxygen atoms in total. The van der Waals surface area contributed by atoms with Gasteiger partial charge in [-0.3, -0.25) is 0 Å². The lowest BCUT2D eigenvalue weighted by Gasteiger charge is -2.28. The van der Waals surface area contributed by atoms with Crippen LogP contribution < -0.4 is 10.6 Å². The maximum Gasteiger partial charge on any atom is 0.315 e. The van der Waals surface area contributed by atoms with E-state index in [9.17, 15) is 9.90 Å². The highest BCUT2D eigenvalue weighted by Crippen LogP contribution is 2.39. The zero-order valence-corrected chi connectivity index (χ0v) is 14.7. The van der Waals surface area contributed by atoms with Gasteiger partial charge in [0, 0.05) is 23.8 Å². The Morgan fingerprint density at radius 2 is 2.09 bits per heavy atom. The molecule has 1 aliphatic carbocycles. The molecule has 0 aromatic carbocycles. The van der Waals surface area contributed by atoms with Gasteiger partial charge in [0.2, 0.25) is 0 Å². The number of carbonyl (C=O) groups is 1. The van der Waals surface area contributed by atoms with Crippen LogP contribution in [0.15, 0.2) is 5.38 Å². The van der Waals surface area contributed by atoms with Gasteiger partial charge in [-0.05, 0) is 25.7 Å². The highest BCUT2D eigenvalue weighted by atomic mass is 32.1. The van der Waals surface area contributed by atoms with Crippen molar-refractivity contribution in [3.63, 3.8) is 0 Å². The van der Waals surface area contributed by atoms with Crippen molar-refractivity contribution in [2.75, 3.05) is 13.2 Å². The molecule has 3 N–H and O–H groups in total. The number of carbonyl (C=O) groups excluding carboxylic acids is 1. The number of aromatic nitrogens is 1. The van der Waals surface area contributed by atoms with Crippen molar-refractivity contribution in [3.8, 4) is 0 Å². The zero-order chi connectivity index (χ0) is 16.4. The monoisotopic (exact) mass is 325 g/mol. The molecule has 1 unspecified atom stereocenters. The van der Waals surface area contributed by atoms with Gasteiger partial charge in [-0.1, -0.05) is 20.8 Å². The van der Waals surface area contributed by atoms with Crippen molar-refractivity contribution < 1.29 is 9.90 Å². The van der Waals surface area contributed by atoms with Gasteiger partial charge in [0.15, 0.2) is 0 Å². The molecule has 0 aliphatic heterocycles. The summed E-state index contributed by atoms with van der Waals surface area (Å²) in [5, 5.41) is 18.4. The Bertz CT molecular complexity index is 520. The maximum absolute atomic E-state index is 12.0. The van der Waals surface area contributed by atoms with Gasteiger partial charge in [-0.25, -0.2) is 9.78 Å². The van der Waals surface area contributed by atoms with E-state index >= 15 is 0 Å². The number of aliphatic hydroxyl groups excluding tert-OH is 1. The molecule has 6 heteroatoms. The number of nitrogens with zero attached hydrogens (tertiary/aromatic N) is 1. The molecule has 0 spiro atoms. The van der Waals surface area contributed by atoms with Crippen LogP contribution in [0.4, 0.5) is 4.79 Å². The highest BCUT2D eigenvalue weighted by molar-refractivity contribution is 7.09. The molecule has 0 radical (unpaired) electrons. The van der Waals surface area contributed by atoms with E-state index in [0.717, 1.165) is 30.0 Å². The lowest BCUT2D eigenvalue weighted by molar-refractivity contribution is 0.155. The first-order chi connectivity index (χ1) is 10.2. The van der Waals surface area contributed by atoms with Crippen LogP contribution in [-0.2, 0) is 11.8 Å². The third-order valence-electron chi connectivity index (χ3n) is 4.15. The molecule has 124 valence electrons. The summed E-state index contributed by atoms with van der Waals surface area (Å²) in [5.41, 5.74) is 0.663. The molecule has 1 atom stereocenters. The van der Waals surface area contributed by atoms with Gasteiger partial charge in [-0.2, -0.15) is 0 Å². The van der Waals surface area contributed by atoms with E-state index < -0.39 is 5.54 Å². The number of rotatable bonds is 6. The van der Waals surface area contributed by atoms with Gasteiger partial charge in [0.1, 0.15) is 0 Å². The molecule has 1 heterocycles. The van der Waals surface area contributed by atoms with Crippen LogP contribution in [0, 0.1) is 5.92 Å². The minimum atomic E-state index is -0.495. The van der Waals surface area contributed by atoms with Crippen LogP contribution in [0.1, 0.15) is 51.2 Å². The quantitative estimate of drug-likeness (QED) is 0.752. The second-order valence-corrected chi connectivity index (χ2v) is 8.30. The van der Waals surface area contributed by atoms with Crippen molar-refractivity contribution in [2.45, 2.75) is 57.9 Å². The van der Waals surface area contributed by atoms with E-state index in [-0.39, 0.29) is 18.1 Å². The number of hydrogen-bond donors (Lipinski definition) is 3. The summed E-state index contributed by atoms with van der Waals surface area (Å²) in [7, 11) is 0. The van der Waals surface area contributed by atoms with Crippen molar-refractivity contribution in [3.05, 3.63) is 16.1 Å². The average Bonchev–Trinajstić information content (AvgIpc) is 3.18. The number of aliphatic hydroxyl groups is 1. The number of hydrogen-bond acceptors (Lipinski definition) is 4. The van der Waals surface area contributed by atoms with Gasteiger partial charge in [-0.15, -0.1) is 11.3 Å². The van der Waals surface area contributed by atoms with Gasteiger partial charge >= 0.3 is 6.03 Å². The molecule has 1 fully saturated rings. The molecular weight excluding hydrogens is 298 g/mol. The molecule has 1 aliphatic rings. The zero-order valence-electron chi connectivity index (χ0n) is 13.9. The third-order valence-corrected chi connectivity index (χ3v) is 5.06. The summed E-state index contributed by atoms with van der Waals surface area (Å²) in [6.07, 6.45) is 2.88. The molecule has 1 aromatic rings. The molecule has 2 amide bonds. The first-order valence-corrected chi connectivity index (χ1v) is 8.74. The molecular formula is C16H27N3O2S. The number of amides is 2. The fraction of sp³-hybridized carbons (Fsp3) is 0.750. The number of thiazole rings is 1. The fourth-order valence-corrected chi connectivity index (χ4v) is 3.37. The first-order valence-electron chi connectivity index (χ1n) is 7.86. The van der Waals surface area contributed by atoms with Crippen molar-refractivity contribution in [1.82, 2.24) is 15.6 Å². The Morgan fingerprint density at radius 3 is 2.59 bits per heavy atom. The molecule has 0 bridgehead atoms. The Kier molecular flexibility index (Phi) is 5.12. The normalized spacial score (nSPS) is 17.9. The van der Waals surface area contributed by atoms with E-state index in [1.165, 1.54) is 0 Å². The lowest BCUT2D eigenvalue weighted by atomic mass is 9.93. The van der Waals surface area contributed by atoms with Crippen LogP contribution in [-0.4, -0.2) is 34.8 Å². The van der Waals surface area contributed by atoms with Gasteiger partial charge < -0.3 is 15.7 Å². The Balaban J connectivity index is 1.76. The Hall–Kier alpha value is -1.14. The van der Waals surface area contributed by atoms with Gasteiger partial charge in [0.05, 0.1) is 22.8 Å². The molecule has 2 rings (SSSR count). The van der Waals surface area contributed by atoms with Crippen LogP contribution in [0.25, 0.3) is 0 Å².